The molecule has 0 aliphatic heterocycles. The Bertz CT molecular complexity index is 546. The van der Waals surface area contributed by atoms with Crippen LogP contribution in [0.25, 0.3) is 11.0 Å². The number of nitrogens with two attached hydrogens (primary N) is 1. The second kappa shape index (κ2) is 6.06. The molecular weight excluding hydrogens is 238 g/mol. The van der Waals surface area contributed by atoms with Gasteiger partial charge in [-0.1, -0.05) is 6.92 Å². The second-order valence-corrected chi connectivity index (χ2v) is 5.17. The maximum atomic E-state index is 9.36. The number of hydrogen-bond acceptors (Lipinski definition) is 3. The lowest BCUT2D eigenvalue weighted by atomic mass is 10.2. The van der Waals surface area contributed by atoms with Gasteiger partial charge >= 0.3 is 0 Å². The number of aromatic nitrogens is 2. The van der Waals surface area contributed by atoms with Crippen molar-refractivity contribution in [1.29, 1.82) is 0 Å². The van der Waals surface area contributed by atoms with Crippen molar-refractivity contribution in [3.8, 4) is 0 Å². The van der Waals surface area contributed by atoms with Crippen molar-refractivity contribution in [2.75, 3.05) is 5.73 Å². The lowest BCUT2D eigenvalue weighted by molar-refractivity contribution is 0.179. The van der Waals surface area contributed by atoms with Gasteiger partial charge in [-0.05, 0) is 44.4 Å². The monoisotopic (exact) mass is 261 g/mol. The molecule has 1 atom stereocenters. The Balaban J connectivity index is 2.29. The van der Waals surface area contributed by atoms with Crippen molar-refractivity contribution >= 4 is 16.7 Å². The molecule has 0 saturated heterocycles. The van der Waals surface area contributed by atoms with Gasteiger partial charge in [0.25, 0.3) is 0 Å². The molecule has 0 aliphatic carbocycles. The van der Waals surface area contributed by atoms with Crippen molar-refractivity contribution in [2.24, 2.45) is 0 Å². The molecule has 3 N–H and O–H groups in total. The Morgan fingerprint density at radius 3 is 2.89 bits per heavy atom. The minimum absolute atomic E-state index is 0.236. The van der Waals surface area contributed by atoms with Crippen molar-refractivity contribution < 1.29 is 5.11 Å². The molecule has 0 spiro atoms. The standard InChI is InChI=1S/C15H23N3O/c1-3-5-15-17-13-10-12(16)7-8-14(13)18(15)9-4-6-11(2)19/h7-8,10-11,19H,3-6,9,16H2,1-2H3. The summed E-state index contributed by atoms with van der Waals surface area (Å²) in [5.41, 5.74) is 8.68. The summed E-state index contributed by atoms with van der Waals surface area (Å²) in [6, 6.07) is 5.89. The number of aryl methyl sites for hydroxylation is 2. The molecule has 4 nitrogen and oxygen atoms in total. The van der Waals surface area contributed by atoms with Crippen molar-refractivity contribution in [1.82, 2.24) is 9.55 Å². The number of hydrogen-bond donors (Lipinski definition) is 2. The second-order valence-electron chi connectivity index (χ2n) is 5.17. The number of rotatable bonds is 6. The van der Waals surface area contributed by atoms with Gasteiger partial charge in [0, 0.05) is 18.7 Å². The Labute approximate surface area is 114 Å². The number of anilines is 1. The highest BCUT2D eigenvalue weighted by Gasteiger charge is 2.10. The van der Waals surface area contributed by atoms with Gasteiger partial charge in [-0.2, -0.15) is 0 Å². The van der Waals surface area contributed by atoms with E-state index in [2.05, 4.69) is 16.5 Å². The zero-order valence-electron chi connectivity index (χ0n) is 11.8. The summed E-state index contributed by atoms with van der Waals surface area (Å²) in [6.45, 7) is 4.90. The molecule has 1 heterocycles. The van der Waals surface area contributed by atoms with Gasteiger partial charge in [0.2, 0.25) is 0 Å². The number of nitrogen functional groups attached to an aromatic ring is 1. The third-order valence-electron chi connectivity index (χ3n) is 3.33. The van der Waals surface area contributed by atoms with E-state index in [4.69, 9.17) is 5.73 Å². The predicted molar refractivity (Wildman–Crippen MR) is 79.1 cm³/mol. The molecule has 4 heteroatoms. The first-order valence-electron chi connectivity index (χ1n) is 7.04. The molecule has 0 saturated carbocycles. The number of nitrogens with zero attached hydrogens (tertiary/aromatic N) is 2. The topological polar surface area (TPSA) is 64.1 Å². The van der Waals surface area contributed by atoms with E-state index in [-0.39, 0.29) is 6.10 Å². The quantitative estimate of drug-likeness (QED) is 0.786. The lowest BCUT2D eigenvalue weighted by Gasteiger charge is -2.09. The predicted octanol–water partition coefficient (Wildman–Crippen LogP) is 2.73. The van der Waals surface area contributed by atoms with Crippen LogP contribution in [0.5, 0.6) is 0 Å². The molecule has 0 aliphatic rings. The fraction of sp³-hybridized carbons (Fsp3) is 0.533. The van der Waals surface area contributed by atoms with Crippen LogP contribution in [-0.4, -0.2) is 20.8 Å². The molecule has 104 valence electrons. The highest BCUT2D eigenvalue weighted by molar-refractivity contribution is 5.79. The Morgan fingerprint density at radius 2 is 2.21 bits per heavy atom. The van der Waals surface area contributed by atoms with Crippen LogP contribution in [0.2, 0.25) is 0 Å². The Kier molecular flexibility index (Phi) is 4.43. The fourth-order valence-corrected chi connectivity index (χ4v) is 2.41. The SMILES string of the molecule is CCCc1nc2cc(N)ccc2n1CCCC(C)O. The maximum absolute atomic E-state index is 9.36. The van der Waals surface area contributed by atoms with Crippen molar-refractivity contribution in [3.05, 3.63) is 24.0 Å². The Hall–Kier alpha value is -1.55. The zero-order valence-corrected chi connectivity index (χ0v) is 11.8. The van der Waals surface area contributed by atoms with Crippen LogP contribution < -0.4 is 5.73 Å². The molecule has 0 fully saturated rings. The maximum Gasteiger partial charge on any atom is 0.109 e. The summed E-state index contributed by atoms with van der Waals surface area (Å²) < 4.78 is 2.26. The summed E-state index contributed by atoms with van der Waals surface area (Å²) in [6.07, 6.45) is 3.60. The van der Waals surface area contributed by atoms with Crippen LogP contribution in [0.1, 0.15) is 38.9 Å². The molecule has 2 aromatic rings. The van der Waals surface area contributed by atoms with E-state index in [0.717, 1.165) is 54.8 Å². The minimum Gasteiger partial charge on any atom is -0.399 e. The van der Waals surface area contributed by atoms with Crippen LogP contribution in [0.4, 0.5) is 5.69 Å². The van der Waals surface area contributed by atoms with Crippen LogP contribution in [0.3, 0.4) is 0 Å². The minimum atomic E-state index is -0.236. The fourth-order valence-electron chi connectivity index (χ4n) is 2.41. The van der Waals surface area contributed by atoms with Crippen molar-refractivity contribution in [2.45, 2.75) is 52.2 Å². The summed E-state index contributed by atoms with van der Waals surface area (Å²) in [5.74, 6) is 1.12. The van der Waals surface area contributed by atoms with Crippen LogP contribution in [-0.2, 0) is 13.0 Å². The summed E-state index contributed by atoms with van der Waals surface area (Å²) in [5, 5.41) is 9.36. The number of aliphatic hydroxyl groups excluding tert-OH is 1. The molecule has 0 radical (unpaired) electrons. The number of fused-ring (bicyclic) bond motifs is 1. The summed E-state index contributed by atoms with van der Waals surface area (Å²) >= 11 is 0. The highest BCUT2D eigenvalue weighted by Crippen LogP contribution is 2.20. The Morgan fingerprint density at radius 1 is 1.42 bits per heavy atom. The molecule has 0 bridgehead atoms. The highest BCUT2D eigenvalue weighted by atomic mass is 16.3. The molecule has 1 aromatic carbocycles. The number of imidazole rings is 1. The van der Waals surface area contributed by atoms with Crippen molar-refractivity contribution in [3.63, 3.8) is 0 Å². The normalized spacial score (nSPS) is 13.0. The largest absolute Gasteiger partial charge is 0.399 e. The first kappa shape index (κ1) is 13.9. The third kappa shape index (κ3) is 3.26. The van der Waals surface area contributed by atoms with E-state index >= 15 is 0 Å². The summed E-state index contributed by atoms with van der Waals surface area (Å²) in [7, 11) is 0. The van der Waals surface area contributed by atoms with E-state index < -0.39 is 0 Å². The first-order valence-corrected chi connectivity index (χ1v) is 7.04. The average molecular weight is 261 g/mol. The molecule has 1 unspecified atom stereocenters. The van der Waals surface area contributed by atoms with Crippen LogP contribution in [0.15, 0.2) is 18.2 Å². The summed E-state index contributed by atoms with van der Waals surface area (Å²) in [4.78, 5) is 4.68. The van der Waals surface area contributed by atoms with Gasteiger partial charge in [-0.25, -0.2) is 4.98 Å². The molecule has 1 aromatic heterocycles. The van der Waals surface area contributed by atoms with E-state index in [1.165, 1.54) is 0 Å². The van der Waals surface area contributed by atoms with Gasteiger partial charge in [0.05, 0.1) is 17.1 Å². The average Bonchev–Trinajstić information content (AvgIpc) is 2.66. The number of aliphatic hydroxyl groups is 1. The molecular formula is C15H23N3O. The smallest absolute Gasteiger partial charge is 0.109 e. The van der Waals surface area contributed by atoms with Gasteiger partial charge in [-0.3, -0.25) is 0 Å². The molecule has 2 rings (SSSR count). The number of benzene rings is 1. The third-order valence-corrected chi connectivity index (χ3v) is 3.33. The zero-order chi connectivity index (χ0) is 13.8. The van der Waals surface area contributed by atoms with Gasteiger partial charge in [0.1, 0.15) is 5.82 Å². The van der Waals surface area contributed by atoms with Gasteiger partial charge in [0.15, 0.2) is 0 Å². The van der Waals surface area contributed by atoms with Gasteiger partial charge < -0.3 is 15.4 Å². The van der Waals surface area contributed by atoms with Crippen LogP contribution in [0, 0.1) is 0 Å². The van der Waals surface area contributed by atoms with E-state index in [9.17, 15) is 5.11 Å². The van der Waals surface area contributed by atoms with E-state index in [0.29, 0.717) is 0 Å². The molecule has 0 amide bonds. The first-order chi connectivity index (χ1) is 9.11. The lowest BCUT2D eigenvalue weighted by Crippen LogP contribution is -2.07. The molecule has 19 heavy (non-hydrogen) atoms. The van der Waals surface area contributed by atoms with E-state index in [1.807, 2.05) is 25.1 Å². The van der Waals surface area contributed by atoms with E-state index in [1.54, 1.807) is 0 Å². The van der Waals surface area contributed by atoms with Crippen LogP contribution >= 0.6 is 0 Å². The van der Waals surface area contributed by atoms with Gasteiger partial charge in [-0.15, -0.1) is 0 Å².